The van der Waals surface area contributed by atoms with E-state index in [0.717, 1.165) is 0 Å². The van der Waals surface area contributed by atoms with E-state index in [9.17, 15) is 0 Å². The van der Waals surface area contributed by atoms with E-state index < -0.39 is 0 Å². The van der Waals surface area contributed by atoms with Gasteiger partial charge in [0, 0.05) is 0 Å². The number of hydrogen-bond donors (Lipinski definition) is 1. The van der Waals surface area contributed by atoms with Crippen molar-refractivity contribution >= 4 is 19.4 Å². The molecule has 0 unspecified atom stereocenters. The average molecular weight is 314 g/mol. The predicted molar refractivity (Wildman–Crippen MR) is 99.5 cm³/mol. The maximum Gasteiger partial charge on any atom is 0.0889 e. The normalized spacial score (nSPS) is 12.0. The molecule has 0 saturated carbocycles. The molecule has 1 N–H and O–H groups in total. The van der Waals surface area contributed by atoms with Crippen LogP contribution in [0.25, 0.3) is 0 Å². The van der Waals surface area contributed by atoms with E-state index in [1.807, 2.05) is 0 Å². The van der Waals surface area contributed by atoms with Crippen LogP contribution in [-0.4, -0.2) is 19.4 Å². The van der Waals surface area contributed by atoms with Gasteiger partial charge < -0.3 is 4.65 Å². The molecule has 0 bridgehead atoms. The molecule has 112 valence electrons. The highest BCUT2D eigenvalue weighted by Gasteiger charge is 1.99. The maximum absolute atomic E-state index is 3.84. The number of rotatable bonds is 6. The van der Waals surface area contributed by atoms with Gasteiger partial charge in [0.1, 0.15) is 0 Å². The average Bonchev–Trinajstić information content (AvgIpc) is 2.36. The van der Waals surface area contributed by atoms with E-state index in [4.69, 9.17) is 0 Å². The first-order chi connectivity index (χ1) is 10.0. The monoisotopic (exact) mass is 313 g/mol. The molecule has 0 aliphatic carbocycles. The minimum absolute atomic E-state index is 0.142. The molecule has 3 heteroatoms. The highest BCUT2D eigenvalue weighted by atomic mass is 28.3. The summed E-state index contributed by atoms with van der Waals surface area (Å²) >= 11 is 0. The first-order valence-corrected chi connectivity index (χ1v) is 11.3. The van der Waals surface area contributed by atoms with Crippen LogP contribution in [0.4, 0.5) is 0 Å². The summed E-state index contributed by atoms with van der Waals surface area (Å²) in [7, 11) is -0.285. The van der Waals surface area contributed by atoms with E-state index in [0.29, 0.717) is 0 Å². The molecule has 0 aliphatic heterocycles. The molecule has 0 amide bonds. The Balaban J connectivity index is 1.74. The van der Waals surface area contributed by atoms with Crippen molar-refractivity contribution in [3.63, 3.8) is 0 Å². The molecular weight excluding hydrogens is 286 g/mol. The standard InChI is InChI=1S/C18H27NSi2/c1-13-5-14(2)8-17(7-13)11-20-19-21-12-18-9-15(3)6-16(4)10-18/h5-10,19H,11-12,20-21H2,1-4H3. The van der Waals surface area contributed by atoms with Gasteiger partial charge in [0.15, 0.2) is 0 Å². The van der Waals surface area contributed by atoms with Crippen LogP contribution in [0.2, 0.25) is 0 Å². The third kappa shape index (κ3) is 5.61. The van der Waals surface area contributed by atoms with Gasteiger partial charge in [-0.05, 0) is 50.9 Å². The van der Waals surface area contributed by atoms with Gasteiger partial charge in [-0.25, -0.2) is 0 Å². The third-order valence-electron chi connectivity index (χ3n) is 3.74. The SMILES string of the molecule is Cc1cc(C)cc(C[SiH2]N[SiH2]Cc2cc(C)cc(C)c2)c1. The molecule has 21 heavy (non-hydrogen) atoms. The zero-order valence-corrected chi connectivity index (χ0v) is 16.6. The zero-order valence-electron chi connectivity index (χ0n) is 13.8. The van der Waals surface area contributed by atoms with Crippen LogP contribution in [0.15, 0.2) is 36.4 Å². The highest BCUT2D eigenvalue weighted by molar-refractivity contribution is 6.50. The zero-order chi connectivity index (χ0) is 15.2. The Hall–Kier alpha value is -1.17. The Kier molecular flexibility index (Phi) is 5.97. The molecule has 0 atom stereocenters. The van der Waals surface area contributed by atoms with Crippen LogP contribution in [0.3, 0.4) is 0 Å². The molecule has 0 aliphatic rings. The van der Waals surface area contributed by atoms with Gasteiger partial charge >= 0.3 is 0 Å². The topological polar surface area (TPSA) is 12.0 Å². The smallest absolute Gasteiger partial charge is 0.0889 e. The first-order valence-electron chi connectivity index (χ1n) is 7.88. The molecule has 1 nitrogen and oxygen atoms in total. The van der Waals surface area contributed by atoms with Crippen molar-refractivity contribution < 1.29 is 0 Å². The number of aryl methyl sites for hydroxylation is 4. The summed E-state index contributed by atoms with van der Waals surface area (Å²) in [6.45, 7) is 8.78. The molecule has 0 heterocycles. The summed E-state index contributed by atoms with van der Waals surface area (Å²) in [6, 6.07) is 16.4. The second kappa shape index (κ2) is 7.73. The maximum atomic E-state index is 3.84. The van der Waals surface area contributed by atoms with Crippen LogP contribution in [-0.2, 0) is 12.1 Å². The molecule has 0 aromatic heterocycles. The van der Waals surface area contributed by atoms with Crippen molar-refractivity contribution in [1.82, 2.24) is 4.65 Å². The minimum atomic E-state index is -0.142. The Morgan fingerprint density at radius 2 is 0.952 bits per heavy atom. The lowest BCUT2D eigenvalue weighted by molar-refractivity contribution is 1.25. The van der Waals surface area contributed by atoms with Crippen LogP contribution < -0.4 is 4.65 Å². The summed E-state index contributed by atoms with van der Waals surface area (Å²) in [5.41, 5.74) is 8.62. The van der Waals surface area contributed by atoms with Crippen LogP contribution in [0, 0.1) is 27.7 Å². The molecule has 0 saturated heterocycles. The van der Waals surface area contributed by atoms with Gasteiger partial charge in [-0.3, -0.25) is 0 Å². The molecule has 2 aromatic carbocycles. The van der Waals surface area contributed by atoms with Gasteiger partial charge in [0.05, 0.1) is 19.4 Å². The first kappa shape index (κ1) is 16.2. The summed E-state index contributed by atoms with van der Waals surface area (Å²) in [5.74, 6) is 0. The van der Waals surface area contributed by atoms with Crippen LogP contribution in [0.1, 0.15) is 33.4 Å². The van der Waals surface area contributed by atoms with Crippen molar-refractivity contribution in [2.75, 3.05) is 0 Å². The van der Waals surface area contributed by atoms with Crippen molar-refractivity contribution in [3.05, 3.63) is 69.8 Å². The lowest BCUT2D eigenvalue weighted by Crippen LogP contribution is -2.27. The second-order valence-corrected chi connectivity index (χ2v) is 10.2. The fraction of sp³-hybridized carbons (Fsp3) is 0.333. The van der Waals surface area contributed by atoms with Crippen molar-refractivity contribution in [2.45, 2.75) is 39.8 Å². The number of hydrogen-bond acceptors (Lipinski definition) is 1. The van der Waals surface area contributed by atoms with Gasteiger partial charge in [-0.2, -0.15) is 0 Å². The molecule has 0 spiro atoms. The number of benzene rings is 2. The molecule has 2 aromatic rings. The van der Waals surface area contributed by atoms with Gasteiger partial charge in [-0.1, -0.05) is 58.7 Å². The summed E-state index contributed by atoms with van der Waals surface area (Å²) in [4.78, 5) is 0. The Morgan fingerprint density at radius 1 is 0.619 bits per heavy atom. The van der Waals surface area contributed by atoms with E-state index in [1.165, 1.54) is 45.5 Å². The largest absolute Gasteiger partial charge is 0.369 e. The summed E-state index contributed by atoms with van der Waals surface area (Å²) < 4.78 is 3.84. The summed E-state index contributed by atoms with van der Waals surface area (Å²) in [5, 5.41) is 0. The van der Waals surface area contributed by atoms with E-state index in [-0.39, 0.29) is 19.4 Å². The van der Waals surface area contributed by atoms with E-state index >= 15 is 0 Å². The summed E-state index contributed by atoms with van der Waals surface area (Å²) in [6.07, 6.45) is 0. The molecular formula is C18H27NSi2. The molecule has 2 rings (SSSR count). The number of nitrogens with one attached hydrogen (secondary N) is 1. The quantitative estimate of drug-likeness (QED) is 0.638. The lowest BCUT2D eigenvalue weighted by Gasteiger charge is -2.07. The lowest BCUT2D eigenvalue weighted by atomic mass is 10.1. The molecule has 0 fully saturated rings. The Labute approximate surface area is 134 Å². The highest BCUT2D eigenvalue weighted by Crippen LogP contribution is 2.09. The minimum Gasteiger partial charge on any atom is -0.369 e. The Morgan fingerprint density at radius 3 is 1.29 bits per heavy atom. The van der Waals surface area contributed by atoms with Gasteiger partial charge in [0.25, 0.3) is 0 Å². The van der Waals surface area contributed by atoms with Crippen LogP contribution in [0.5, 0.6) is 0 Å². The van der Waals surface area contributed by atoms with Gasteiger partial charge in [-0.15, -0.1) is 0 Å². The molecule has 0 radical (unpaired) electrons. The predicted octanol–water partition coefficient (Wildman–Crippen LogP) is 2.38. The van der Waals surface area contributed by atoms with Crippen molar-refractivity contribution in [3.8, 4) is 0 Å². The second-order valence-electron chi connectivity index (χ2n) is 6.24. The Bertz CT molecular complexity index is 514. The van der Waals surface area contributed by atoms with Crippen molar-refractivity contribution in [2.24, 2.45) is 0 Å². The van der Waals surface area contributed by atoms with E-state index in [2.05, 4.69) is 68.7 Å². The van der Waals surface area contributed by atoms with Gasteiger partial charge in [0.2, 0.25) is 0 Å². The van der Waals surface area contributed by atoms with Crippen LogP contribution >= 0.6 is 0 Å². The fourth-order valence-corrected chi connectivity index (χ4v) is 6.59. The van der Waals surface area contributed by atoms with E-state index in [1.54, 1.807) is 0 Å². The third-order valence-corrected chi connectivity index (χ3v) is 8.23. The fourth-order valence-electron chi connectivity index (χ4n) is 3.02. The van der Waals surface area contributed by atoms with Crippen molar-refractivity contribution in [1.29, 1.82) is 0 Å².